The summed E-state index contributed by atoms with van der Waals surface area (Å²) < 4.78 is 0. The summed E-state index contributed by atoms with van der Waals surface area (Å²) in [6.45, 7) is 5.26. The summed E-state index contributed by atoms with van der Waals surface area (Å²) in [5, 5.41) is 6.43. The summed E-state index contributed by atoms with van der Waals surface area (Å²) in [5.41, 5.74) is 0.813. The Morgan fingerprint density at radius 3 is 2.25 bits per heavy atom. The molecular formula is C12H20N2O2. The number of hydrogen-bond donors (Lipinski definition) is 0. The van der Waals surface area contributed by atoms with Crippen LogP contribution in [0.3, 0.4) is 0 Å². The molecule has 1 saturated heterocycles. The van der Waals surface area contributed by atoms with Crippen LogP contribution in [0.5, 0.6) is 0 Å². The van der Waals surface area contributed by atoms with Crippen molar-refractivity contribution >= 4 is 17.3 Å². The first kappa shape index (κ1) is 12.9. The molecule has 0 radical (unpaired) electrons. The van der Waals surface area contributed by atoms with Crippen LogP contribution in [0.2, 0.25) is 0 Å². The van der Waals surface area contributed by atoms with E-state index < -0.39 is 0 Å². The molecule has 4 nitrogen and oxygen atoms in total. The molecule has 90 valence electrons. The summed E-state index contributed by atoms with van der Waals surface area (Å²) in [6, 6.07) is 0. The van der Waals surface area contributed by atoms with Crippen LogP contribution in [0, 0.1) is 0 Å². The quantitative estimate of drug-likeness (QED) is 0.528. The SMILES string of the molecule is CC(=O)CC(=O)CC(C)=NN1CCCCC1. The zero-order valence-corrected chi connectivity index (χ0v) is 10.2. The lowest BCUT2D eigenvalue weighted by molar-refractivity contribution is -0.125. The van der Waals surface area contributed by atoms with E-state index in [1.54, 1.807) is 0 Å². The minimum Gasteiger partial charge on any atom is -0.300 e. The van der Waals surface area contributed by atoms with Gasteiger partial charge in [-0.15, -0.1) is 0 Å². The maximum absolute atomic E-state index is 11.4. The normalized spacial score (nSPS) is 17.4. The fraction of sp³-hybridized carbons (Fsp3) is 0.750. The van der Waals surface area contributed by atoms with E-state index in [1.807, 2.05) is 11.9 Å². The Balaban J connectivity index is 2.37. The number of carbonyl (C=O) groups is 2. The molecule has 1 fully saturated rings. The van der Waals surface area contributed by atoms with Crippen molar-refractivity contribution in [3.8, 4) is 0 Å². The highest BCUT2D eigenvalue weighted by Gasteiger charge is 2.10. The van der Waals surface area contributed by atoms with Gasteiger partial charge in [-0.3, -0.25) is 14.6 Å². The molecule has 1 rings (SSSR count). The number of rotatable bonds is 5. The number of hydrazone groups is 1. The zero-order valence-electron chi connectivity index (χ0n) is 10.2. The summed E-state index contributed by atoms with van der Waals surface area (Å²) in [6.07, 6.45) is 3.97. The molecule has 0 bridgehead atoms. The Morgan fingerprint density at radius 2 is 1.69 bits per heavy atom. The Kier molecular flexibility index (Phi) is 5.15. The first-order valence-corrected chi connectivity index (χ1v) is 5.88. The van der Waals surface area contributed by atoms with Gasteiger partial charge in [0.15, 0.2) is 0 Å². The highest BCUT2D eigenvalue weighted by atomic mass is 16.1. The zero-order chi connectivity index (χ0) is 12.0. The van der Waals surface area contributed by atoms with Crippen LogP contribution in [-0.4, -0.2) is 35.4 Å². The van der Waals surface area contributed by atoms with Crippen LogP contribution in [0.4, 0.5) is 0 Å². The van der Waals surface area contributed by atoms with Crippen molar-refractivity contribution < 1.29 is 9.59 Å². The number of piperidine rings is 1. The van der Waals surface area contributed by atoms with E-state index in [2.05, 4.69) is 5.10 Å². The highest BCUT2D eigenvalue weighted by Crippen LogP contribution is 2.09. The van der Waals surface area contributed by atoms with E-state index in [0.29, 0.717) is 6.42 Å². The van der Waals surface area contributed by atoms with E-state index in [0.717, 1.165) is 18.8 Å². The molecule has 16 heavy (non-hydrogen) atoms. The monoisotopic (exact) mass is 224 g/mol. The number of ketones is 2. The highest BCUT2D eigenvalue weighted by molar-refractivity contribution is 6.07. The molecule has 0 atom stereocenters. The van der Waals surface area contributed by atoms with Crippen molar-refractivity contribution in [2.75, 3.05) is 13.1 Å². The molecule has 4 heteroatoms. The fourth-order valence-corrected chi connectivity index (χ4v) is 1.88. The number of hydrogen-bond acceptors (Lipinski definition) is 4. The van der Waals surface area contributed by atoms with E-state index in [-0.39, 0.29) is 18.0 Å². The van der Waals surface area contributed by atoms with Gasteiger partial charge < -0.3 is 0 Å². The van der Waals surface area contributed by atoms with Crippen molar-refractivity contribution in [2.45, 2.75) is 46.0 Å². The van der Waals surface area contributed by atoms with Gasteiger partial charge in [0, 0.05) is 25.2 Å². The second-order valence-electron chi connectivity index (χ2n) is 4.44. The Morgan fingerprint density at radius 1 is 1.06 bits per heavy atom. The number of Topliss-reactive ketones (excluding diaryl/α,β-unsaturated/α-hetero) is 2. The van der Waals surface area contributed by atoms with Crippen molar-refractivity contribution in [3.05, 3.63) is 0 Å². The largest absolute Gasteiger partial charge is 0.300 e. The van der Waals surface area contributed by atoms with Crippen molar-refractivity contribution in [2.24, 2.45) is 5.10 Å². The van der Waals surface area contributed by atoms with Crippen LogP contribution in [0.1, 0.15) is 46.0 Å². The third-order valence-corrected chi connectivity index (χ3v) is 2.54. The van der Waals surface area contributed by atoms with Gasteiger partial charge >= 0.3 is 0 Å². The van der Waals surface area contributed by atoms with E-state index in [4.69, 9.17) is 0 Å². The predicted octanol–water partition coefficient (Wildman–Crippen LogP) is 1.79. The van der Waals surface area contributed by atoms with Crippen molar-refractivity contribution in [1.82, 2.24) is 5.01 Å². The minimum atomic E-state index is -0.0734. The average molecular weight is 224 g/mol. The van der Waals surface area contributed by atoms with Crippen LogP contribution in [-0.2, 0) is 9.59 Å². The minimum absolute atomic E-state index is 0.0346. The van der Waals surface area contributed by atoms with E-state index >= 15 is 0 Å². The van der Waals surface area contributed by atoms with Crippen molar-refractivity contribution in [3.63, 3.8) is 0 Å². The number of nitrogens with zero attached hydrogens (tertiary/aromatic N) is 2. The molecule has 1 aliphatic rings. The molecule has 0 spiro atoms. The number of carbonyl (C=O) groups excluding carboxylic acids is 2. The predicted molar refractivity (Wildman–Crippen MR) is 63.5 cm³/mol. The van der Waals surface area contributed by atoms with Gasteiger partial charge in [-0.05, 0) is 33.1 Å². The lowest BCUT2D eigenvalue weighted by atomic mass is 10.1. The molecular weight excluding hydrogens is 204 g/mol. The lowest BCUT2D eigenvalue weighted by Crippen LogP contribution is -2.26. The van der Waals surface area contributed by atoms with Crippen LogP contribution in [0.25, 0.3) is 0 Å². The summed E-state index contributed by atoms with van der Waals surface area (Å²) >= 11 is 0. The summed E-state index contributed by atoms with van der Waals surface area (Å²) in [7, 11) is 0. The molecule has 0 aromatic heterocycles. The Bertz CT molecular complexity index is 291. The molecule has 0 amide bonds. The lowest BCUT2D eigenvalue weighted by Gasteiger charge is -2.24. The Hall–Kier alpha value is -1.19. The van der Waals surface area contributed by atoms with Gasteiger partial charge in [-0.2, -0.15) is 5.10 Å². The summed E-state index contributed by atoms with van der Waals surface area (Å²) in [5.74, 6) is -0.110. The van der Waals surface area contributed by atoms with Gasteiger partial charge in [0.25, 0.3) is 0 Å². The molecule has 1 aliphatic heterocycles. The molecule has 0 aromatic carbocycles. The second kappa shape index (κ2) is 6.40. The molecule has 0 saturated carbocycles. The maximum Gasteiger partial charge on any atom is 0.145 e. The first-order chi connectivity index (χ1) is 7.58. The van der Waals surface area contributed by atoms with Gasteiger partial charge in [-0.1, -0.05) is 0 Å². The summed E-state index contributed by atoms with van der Waals surface area (Å²) in [4.78, 5) is 22.1. The van der Waals surface area contributed by atoms with E-state index in [9.17, 15) is 9.59 Å². The van der Waals surface area contributed by atoms with Crippen LogP contribution in [0.15, 0.2) is 5.10 Å². The maximum atomic E-state index is 11.4. The fourth-order valence-electron chi connectivity index (χ4n) is 1.88. The van der Waals surface area contributed by atoms with Gasteiger partial charge in [0.2, 0.25) is 0 Å². The van der Waals surface area contributed by atoms with Gasteiger partial charge in [0.05, 0.1) is 6.42 Å². The third kappa shape index (κ3) is 5.05. The second-order valence-corrected chi connectivity index (χ2v) is 4.44. The molecule has 0 unspecified atom stereocenters. The van der Waals surface area contributed by atoms with Crippen LogP contribution >= 0.6 is 0 Å². The smallest absolute Gasteiger partial charge is 0.145 e. The molecule has 0 N–H and O–H groups in total. The average Bonchev–Trinajstić information content (AvgIpc) is 2.17. The van der Waals surface area contributed by atoms with Gasteiger partial charge in [0.1, 0.15) is 11.6 Å². The Labute approximate surface area is 96.7 Å². The molecule has 0 aliphatic carbocycles. The topological polar surface area (TPSA) is 49.7 Å². The van der Waals surface area contributed by atoms with Gasteiger partial charge in [-0.25, -0.2) is 0 Å². The van der Waals surface area contributed by atoms with E-state index in [1.165, 1.54) is 26.2 Å². The molecule has 1 heterocycles. The first-order valence-electron chi connectivity index (χ1n) is 5.88. The third-order valence-electron chi connectivity index (χ3n) is 2.54. The standard InChI is InChI=1S/C12H20N2O2/c1-10(8-12(16)9-11(2)15)13-14-6-4-3-5-7-14/h3-9H2,1-2H3. The van der Waals surface area contributed by atoms with Crippen molar-refractivity contribution in [1.29, 1.82) is 0 Å². The molecule has 0 aromatic rings. The van der Waals surface area contributed by atoms with Crippen LogP contribution < -0.4 is 0 Å².